The molecule has 1 aromatic carbocycles. The van der Waals surface area contributed by atoms with E-state index in [9.17, 15) is 0 Å². The third-order valence-corrected chi connectivity index (χ3v) is 2.24. The number of hydrogen-bond acceptors (Lipinski definition) is 3. The predicted molar refractivity (Wildman–Crippen MR) is 60.4 cm³/mol. The van der Waals surface area contributed by atoms with Crippen LogP contribution in [0.25, 0.3) is 0 Å². The Morgan fingerprint density at radius 1 is 1.21 bits per heavy atom. The molecule has 0 bridgehead atoms. The van der Waals surface area contributed by atoms with Crippen LogP contribution in [0.1, 0.15) is 0 Å². The number of halogens is 2. The van der Waals surface area contributed by atoms with E-state index in [1.165, 1.54) is 0 Å². The van der Waals surface area contributed by atoms with Crippen molar-refractivity contribution in [2.75, 3.05) is 18.4 Å². The number of guanidine groups is 1. The number of nitrogens with one attached hydrogen (secondary N) is 2. The van der Waals surface area contributed by atoms with Crippen molar-refractivity contribution in [1.29, 1.82) is 0 Å². The lowest BCUT2D eigenvalue weighted by atomic mass is 10.3. The maximum absolute atomic E-state index is 5.85. The van der Waals surface area contributed by atoms with Gasteiger partial charge in [0.05, 0.1) is 6.54 Å². The molecule has 0 aliphatic carbocycles. The van der Waals surface area contributed by atoms with Crippen molar-refractivity contribution in [3.8, 4) is 0 Å². The molecule has 0 radical (unpaired) electrons. The smallest absolute Gasteiger partial charge is 0.195 e. The second kappa shape index (κ2) is 4.07. The molecule has 1 aliphatic heterocycles. The zero-order valence-corrected chi connectivity index (χ0v) is 8.86. The average Bonchev–Trinajstić information content (AvgIpc) is 2.54. The topological polar surface area (TPSA) is 36.4 Å². The van der Waals surface area contributed by atoms with Gasteiger partial charge in [0.2, 0.25) is 0 Å². The lowest BCUT2D eigenvalue weighted by Gasteiger charge is -2.07. The first-order valence-corrected chi connectivity index (χ1v) is 5.01. The third-order valence-electron chi connectivity index (χ3n) is 1.80. The van der Waals surface area contributed by atoms with E-state index < -0.39 is 0 Å². The largest absolute Gasteiger partial charge is 0.354 e. The normalized spacial score (nSPS) is 14.9. The van der Waals surface area contributed by atoms with Crippen LogP contribution in [-0.4, -0.2) is 19.0 Å². The van der Waals surface area contributed by atoms with Gasteiger partial charge in [-0.25, -0.2) is 0 Å². The Morgan fingerprint density at radius 3 is 2.50 bits per heavy atom. The van der Waals surface area contributed by atoms with E-state index in [-0.39, 0.29) is 0 Å². The SMILES string of the molecule is Clc1cc(Cl)cc(NC2=NCCN2)c1. The van der Waals surface area contributed by atoms with Crippen LogP contribution in [0.5, 0.6) is 0 Å². The molecule has 2 N–H and O–H groups in total. The Bertz CT molecular complexity index is 356. The number of rotatable bonds is 1. The van der Waals surface area contributed by atoms with E-state index >= 15 is 0 Å². The van der Waals surface area contributed by atoms with Gasteiger partial charge in [-0.2, -0.15) is 0 Å². The summed E-state index contributed by atoms with van der Waals surface area (Å²) in [7, 11) is 0. The molecule has 1 heterocycles. The Labute approximate surface area is 92.1 Å². The van der Waals surface area contributed by atoms with Gasteiger partial charge in [-0.05, 0) is 18.2 Å². The first-order valence-electron chi connectivity index (χ1n) is 4.25. The molecule has 1 aromatic rings. The summed E-state index contributed by atoms with van der Waals surface area (Å²) in [4.78, 5) is 4.20. The van der Waals surface area contributed by atoms with Crippen LogP contribution in [0.15, 0.2) is 23.2 Å². The van der Waals surface area contributed by atoms with Crippen molar-refractivity contribution in [2.24, 2.45) is 4.99 Å². The first kappa shape index (κ1) is 9.62. The van der Waals surface area contributed by atoms with Crippen LogP contribution < -0.4 is 10.6 Å². The molecule has 0 fully saturated rings. The maximum atomic E-state index is 5.85. The zero-order valence-electron chi connectivity index (χ0n) is 7.35. The quantitative estimate of drug-likeness (QED) is 0.776. The van der Waals surface area contributed by atoms with Crippen LogP contribution in [0.3, 0.4) is 0 Å². The molecule has 74 valence electrons. The molecular weight excluding hydrogens is 221 g/mol. The lowest BCUT2D eigenvalue weighted by Crippen LogP contribution is -2.26. The van der Waals surface area contributed by atoms with Gasteiger partial charge in [0.1, 0.15) is 0 Å². The molecule has 14 heavy (non-hydrogen) atoms. The first-order chi connectivity index (χ1) is 6.74. The van der Waals surface area contributed by atoms with Crippen LogP contribution in [0, 0.1) is 0 Å². The lowest BCUT2D eigenvalue weighted by molar-refractivity contribution is 0.959. The van der Waals surface area contributed by atoms with E-state index in [4.69, 9.17) is 23.2 Å². The average molecular weight is 230 g/mol. The van der Waals surface area contributed by atoms with Crippen molar-refractivity contribution in [3.05, 3.63) is 28.2 Å². The van der Waals surface area contributed by atoms with Crippen LogP contribution in [-0.2, 0) is 0 Å². The van der Waals surface area contributed by atoms with Gasteiger partial charge in [-0.3, -0.25) is 4.99 Å². The molecule has 0 aromatic heterocycles. The van der Waals surface area contributed by atoms with Crippen LogP contribution in [0.4, 0.5) is 5.69 Å². The fourth-order valence-corrected chi connectivity index (χ4v) is 1.77. The van der Waals surface area contributed by atoms with Crippen molar-refractivity contribution in [1.82, 2.24) is 5.32 Å². The molecule has 0 amide bonds. The molecule has 0 saturated heterocycles. The minimum atomic E-state index is 0.610. The van der Waals surface area contributed by atoms with E-state index in [0.29, 0.717) is 10.0 Å². The second-order valence-electron chi connectivity index (χ2n) is 2.94. The molecule has 3 nitrogen and oxygen atoms in total. The Hall–Kier alpha value is -0.930. The highest BCUT2D eigenvalue weighted by molar-refractivity contribution is 6.35. The third kappa shape index (κ3) is 2.30. The summed E-state index contributed by atoms with van der Waals surface area (Å²) in [5.41, 5.74) is 0.843. The monoisotopic (exact) mass is 229 g/mol. The standard InChI is InChI=1S/C9H9Cl2N3/c10-6-3-7(11)5-8(4-6)14-9-12-1-2-13-9/h3-5H,1-2H2,(H2,12,13,14). The van der Waals surface area contributed by atoms with Crippen molar-refractivity contribution >= 4 is 34.8 Å². The summed E-state index contributed by atoms with van der Waals surface area (Å²) in [6.07, 6.45) is 0. The number of anilines is 1. The zero-order chi connectivity index (χ0) is 9.97. The van der Waals surface area contributed by atoms with Gasteiger partial charge in [-0.15, -0.1) is 0 Å². The summed E-state index contributed by atoms with van der Waals surface area (Å²) in [6, 6.07) is 5.30. The van der Waals surface area contributed by atoms with Crippen molar-refractivity contribution in [2.45, 2.75) is 0 Å². The maximum Gasteiger partial charge on any atom is 0.195 e. The van der Waals surface area contributed by atoms with E-state index in [2.05, 4.69) is 15.6 Å². The molecular formula is C9H9Cl2N3. The molecule has 0 spiro atoms. The summed E-state index contributed by atoms with van der Waals surface area (Å²) in [5, 5.41) is 7.41. The minimum absolute atomic E-state index is 0.610. The van der Waals surface area contributed by atoms with Gasteiger partial charge in [0.25, 0.3) is 0 Å². The number of hydrogen-bond donors (Lipinski definition) is 2. The van der Waals surface area contributed by atoms with Gasteiger partial charge in [0.15, 0.2) is 5.96 Å². The van der Waals surface area contributed by atoms with E-state index in [1.54, 1.807) is 18.2 Å². The summed E-state index contributed by atoms with van der Waals surface area (Å²) >= 11 is 11.7. The van der Waals surface area contributed by atoms with Gasteiger partial charge >= 0.3 is 0 Å². The summed E-state index contributed by atoms with van der Waals surface area (Å²) < 4.78 is 0. The highest BCUT2D eigenvalue weighted by Gasteiger charge is 2.05. The second-order valence-corrected chi connectivity index (χ2v) is 3.81. The molecule has 0 saturated carbocycles. The molecule has 5 heteroatoms. The molecule has 0 unspecified atom stereocenters. The van der Waals surface area contributed by atoms with Gasteiger partial charge < -0.3 is 10.6 Å². The summed E-state index contributed by atoms with van der Waals surface area (Å²) in [5.74, 6) is 0.767. The Kier molecular flexibility index (Phi) is 2.79. The Morgan fingerprint density at radius 2 is 1.93 bits per heavy atom. The minimum Gasteiger partial charge on any atom is -0.354 e. The van der Waals surface area contributed by atoms with Gasteiger partial charge in [0, 0.05) is 22.3 Å². The fourth-order valence-electron chi connectivity index (χ4n) is 1.24. The summed E-state index contributed by atoms with van der Waals surface area (Å²) in [6.45, 7) is 1.67. The number of aliphatic imine (C=N–C) groups is 1. The molecule has 1 aliphatic rings. The molecule has 2 rings (SSSR count). The fraction of sp³-hybridized carbons (Fsp3) is 0.222. The Balaban J connectivity index is 2.15. The van der Waals surface area contributed by atoms with Crippen LogP contribution >= 0.6 is 23.2 Å². The number of nitrogens with zero attached hydrogens (tertiary/aromatic N) is 1. The van der Waals surface area contributed by atoms with Crippen LogP contribution in [0.2, 0.25) is 10.0 Å². The van der Waals surface area contributed by atoms with Crippen molar-refractivity contribution in [3.63, 3.8) is 0 Å². The number of benzene rings is 1. The van der Waals surface area contributed by atoms with Crippen molar-refractivity contribution < 1.29 is 0 Å². The molecule has 0 atom stereocenters. The highest BCUT2D eigenvalue weighted by atomic mass is 35.5. The van der Waals surface area contributed by atoms with Gasteiger partial charge in [-0.1, -0.05) is 23.2 Å². The highest BCUT2D eigenvalue weighted by Crippen LogP contribution is 2.22. The van der Waals surface area contributed by atoms with E-state index in [1.807, 2.05) is 0 Å². The van der Waals surface area contributed by atoms with E-state index in [0.717, 1.165) is 24.7 Å². The predicted octanol–water partition coefficient (Wildman–Crippen LogP) is 2.36.